The molecule has 0 fully saturated rings. The minimum absolute atomic E-state index is 0. The lowest BCUT2D eigenvalue weighted by atomic mass is 10.1. The first-order valence-electron chi connectivity index (χ1n) is 10.8. The third-order valence-electron chi connectivity index (χ3n) is 5.26. The molecule has 0 amide bonds. The largest absolute Gasteiger partial charge is 0.423 e. The maximum absolute atomic E-state index is 12.4. The highest BCUT2D eigenvalue weighted by atomic mass is 127. The lowest BCUT2D eigenvalue weighted by molar-refractivity contribution is 0.0735. The van der Waals surface area contributed by atoms with Crippen molar-refractivity contribution < 1.29 is 9.53 Å². The summed E-state index contributed by atoms with van der Waals surface area (Å²) in [4.78, 5) is 19.4. The second kappa shape index (κ2) is 13.3. The number of pyridine rings is 1. The van der Waals surface area contributed by atoms with Crippen LogP contribution in [0.25, 0.3) is 10.9 Å². The molecule has 1 heterocycles. The van der Waals surface area contributed by atoms with E-state index in [1.54, 1.807) is 18.3 Å². The molecule has 1 aromatic heterocycles. The van der Waals surface area contributed by atoms with Gasteiger partial charge in [-0.2, -0.15) is 0 Å². The van der Waals surface area contributed by atoms with E-state index in [0.29, 0.717) is 11.3 Å². The quantitative estimate of drug-likeness (QED) is 0.142. The summed E-state index contributed by atoms with van der Waals surface area (Å²) in [5, 5.41) is 4.43. The Balaban J connectivity index is 0.00000341. The molecule has 0 saturated carbocycles. The van der Waals surface area contributed by atoms with Crippen molar-refractivity contribution in [2.45, 2.75) is 33.1 Å². The molecule has 5 nitrogen and oxygen atoms in total. The number of anilines is 1. The van der Waals surface area contributed by atoms with Gasteiger partial charge in [0, 0.05) is 24.2 Å². The topological polar surface area (TPSA) is 54.5 Å². The number of hydrogen-bond acceptors (Lipinski definition) is 5. The van der Waals surface area contributed by atoms with Crippen LogP contribution < -0.4 is 10.1 Å². The summed E-state index contributed by atoms with van der Waals surface area (Å²) in [5.41, 5.74) is 2.32. The number of halogens is 1. The molecule has 6 heteroatoms. The van der Waals surface area contributed by atoms with Crippen molar-refractivity contribution in [2.24, 2.45) is 0 Å². The van der Waals surface area contributed by atoms with Crippen LogP contribution in [0.15, 0.2) is 60.8 Å². The number of nitrogens with one attached hydrogen (secondary N) is 1. The van der Waals surface area contributed by atoms with Crippen LogP contribution in [-0.2, 0) is 0 Å². The number of hydrogen-bond donors (Lipinski definition) is 1. The molecule has 166 valence electrons. The van der Waals surface area contributed by atoms with Gasteiger partial charge < -0.3 is 15.0 Å². The number of rotatable bonds is 11. The number of aromatic nitrogens is 1. The van der Waals surface area contributed by atoms with Crippen LogP contribution >= 0.6 is 24.0 Å². The summed E-state index contributed by atoms with van der Waals surface area (Å²) in [6.07, 6.45) is 5.26. The minimum Gasteiger partial charge on any atom is -0.423 e. The molecule has 3 aromatic rings. The van der Waals surface area contributed by atoms with E-state index < -0.39 is 0 Å². The molecule has 31 heavy (non-hydrogen) atoms. The first kappa shape index (κ1) is 25.1. The van der Waals surface area contributed by atoms with Gasteiger partial charge in [-0.3, -0.25) is 4.98 Å². The van der Waals surface area contributed by atoms with E-state index in [4.69, 9.17) is 4.74 Å². The van der Waals surface area contributed by atoms with Crippen molar-refractivity contribution in [3.8, 4) is 5.75 Å². The summed E-state index contributed by atoms with van der Waals surface area (Å²) in [5.74, 6) is 0.162. The second-order valence-electron chi connectivity index (χ2n) is 7.32. The second-order valence-corrected chi connectivity index (χ2v) is 7.32. The highest BCUT2D eigenvalue weighted by Gasteiger charge is 2.11. The van der Waals surface area contributed by atoms with E-state index in [1.807, 2.05) is 42.5 Å². The van der Waals surface area contributed by atoms with E-state index in [2.05, 4.69) is 29.0 Å². The van der Waals surface area contributed by atoms with Crippen molar-refractivity contribution in [3.05, 3.63) is 66.4 Å². The average molecular weight is 533 g/mol. The number of benzene rings is 2. The molecule has 0 unspecified atom stereocenters. The third kappa shape index (κ3) is 7.47. The van der Waals surface area contributed by atoms with Crippen LogP contribution in [0.2, 0.25) is 0 Å². The molecule has 1 N–H and O–H groups in total. The molecule has 3 rings (SSSR count). The molecule has 0 atom stereocenters. The van der Waals surface area contributed by atoms with E-state index >= 15 is 0 Å². The van der Waals surface area contributed by atoms with E-state index in [9.17, 15) is 4.79 Å². The summed E-state index contributed by atoms with van der Waals surface area (Å²) in [7, 11) is 0. The van der Waals surface area contributed by atoms with Crippen molar-refractivity contribution in [2.75, 3.05) is 31.5 Å². The fraction of sp³-hybridized carbons (Fsp3) is 0.360. The van der Waals surface area contributed by atoms with Crippen molar-refractivity contribution in [1.82, 2.24) is 9.88 Å². The Bertz CT molecular complexity index is 946. The molecule has 0 saturated heterocycles. The maximum Gasteiger partial charge on any atom is 0.343 e. The molecular formula is C25H32IN3O2. The standard InChI is InChI=1S/C25H31N3O2.HI/c1-3-28(4-2)17-10-6-9-15-26-23-19-22(18-21-14-11-16-27-24(21)23)30-25(29)20-12-7-5-8-13-20;/h5,7-8,11-14,16,18-19,26H,3-4,6,9-10,15,17H2,1-2H3;1H. The molecule has 0 aliphatic carbocycles. The first-order valence-corrected chi connectivity index (χ1v) is 10.8. The van der Waals surface area contributed by atoms with Gasteiger partial charge in [-0.05, 0) is 56.7 Å². The monoisotopic (exact) mass is 533 g/mol. The van der Waals surface area contributed by atoms with Crippen molar-refractivity contribution >= 4 is 46.5 Å². The Labute approximate surface area is 202 Å². The number of carbonyl (C=O) groups excluding carboxylic acids is 1. The molecule has 0 bridgehead atoms. The fourth-order valence-corrected chi connectivity index (χ4v) is 3.50. The van der Waals surface area contributed by atoms with Gasteiger partial charge in [0.1, 0.15) is 5.75 Å². The number of carbonyl (C=O) groups is 1. The minimum atomic E-state index is -0.360. The molecule has 0 radical (unpaired) electrons. The number of nitrogens with zero attached hydrogens (tertiary/aromatic N) is 2. The molecular weight excluding hydrogens is 501 g/mol. The smallest absolute Gasteiger partial charge is 0.343 e. The van der Waals surface area contributed by atoms with Crippen LogP contribution in [-0.4, -0.2) is 42.0 Å². The van der Waals surface area contributed by atoms with Gasteiger partial charge in [-0.25, -0.2) is 4.79 Å². The van der Waals surface area contributed by atoms with Crippen LogP contribution in [0.3, 0.4) is 0 Å². The van der Waals surface area contributed by atoms with Gasteiger partial charge in [-0.15, -0.1) is 24.0 Å². The van der Waals surface area contributed by atoms with Crippen LogP contribution in [0.1, 0.15) is 43.5 Å². The molecule has 2 aromatic carbocycles. The molecule has 0 aliphatic rings. The summed E-state index contributed by atoms with van der Waals surface area (Å²) >= 11 is 0. The first-order chi connectivity index (χ1) is 14.7. The zero-order valence-electron chi connectivity index (χ0n) is 18.3. The fourth-order valence-electron chi connectivity index (χ4n) is 3.50. The summed E-state index contributed by atoms with van der Waals surface area (Å²) < 4.78 is 5.63. The number of unbranched alkanes of at least 4 members (excludes halogenated alkanes) is 2. The van der Waals surface area contributed by atoms with E-state index in [-0.39, 0.29) is 29.9 Å². The van der Waals surface area contributed by atoms with Gasteiger partial charge in [-0.1, -0.05) is 44.5 Å². The van der Waals surface area contributed by atoms with Gasteiger partial charge in [0.25, 0.3) is 0 Å². The van der Waals surface area contributed by atoms with E-state index in [1.165, 1.54) is 12.8 Å². The number of ether oxygens (including phenoxy) is 1. The Hall–Kier alpha value is -2.19. The van der Waals surface area contributed by atoms with Crippen molar-refractivity contribution in [3.63, 3.8) is 0 Å². The van der Waals surface area contributed by atoms with Gasteiger partial charge in [0.15, 0.2) is 0 Å². The Morgan fingerprint density at radius 2 is 1.77 bits per heavy atom. The maximum atomic E-state index is 12.4. The van der Waals surface area contributed by atoms with Crippen LogP contribution in [0.5, 0.6) is 5.75 Å². The lowest BCUT2D eigenvalue weighted by Crippen LogP contribution is -2.23. The normalized spacial score (nSPS) is 10.7. The Morgan fingerprint density at radius 1 is 1.00 bits per heavy atom. The zero-order valence-corrected chi connectivity index (χ0v) is 20.7. The number of fused-ring (bicyclic) bond motifs is 1. The van der Waals surface area contributed by atoms with Crippen LogP contribution in [0.4, 0.5) is 5.69 Å². The predicted molar refractivity (Wildman–Crippen MR) is 139 cm³/mol. The predicted octanol–water partition coefficient (Wildman–Crippen LogP) is 6.00. The zero-order chi connectivity index (χ0) is 21.2. The summed E-state index contributed by atoms with van der Waals surface area (Å²) in [6, 6.07) is 16.6. The molecule has 0 aliphatic heterocycles. The van der Waals surface area contributed by atoms with Gasteiger partial charge >= 0.3 is 5.97 Å². The lowest BCUT2D eigenvalue weighted by Gasteiger charge is -2.17. The summed E-state index contributed by atoms with van der Waals surface area (Å²) in [6.45, 7) is 8.66. The van der Waals surface area contributed by atoms with Crippen LogP contribution in [0, 0.1) is 0 Å². The molecule has 0 spiro atoms. The highest BCUT2D eigenvalue weighted by Crippen LogP contribution is 2.28. The van der Waals surface area contributed by atoms with Gasteiger partial charge in [0.05, 0.1) is 16.8 Å². The average Bonchev–Trinajstić information content (AvgIpc) is 2.79. The highest BCUT2D eigenvalue weighted by molar-refractivity contribution is 14.0. The van der Waals surface area contributed by atoms with Crippen molar-refractivity contribution in [1.29, 1.82) is 0 Å². The Kier molecular flexibility index (Phi) is 10.7. The third-order valence-corrected chi connectivity index (χ3v) is 5.26. The Morgan fingerprint density at radius 3 is 2.52 bits per heavy atom. The van der Waals surface area contributed by atoms with E-state index in [0.717, 1.165) is 49.2 Å². The van der Waals surface area contributed by atoms with Gasteiger partial charge in [0.2, 0.25) is 0 Å². The number of esters is 1. The SMILES string of the molecule is CCN(CC)CCCCCNc1cc(OC(=O)c2ccccc2)cc2cccnc12.I.